The maximum atomic E-state index is 12.1. The lowest BCUT2D eigenvalue weighted by Crippen LogP contribution is -2.18. The lowest BCUT2D eigenvalue weighted by Gasteiger charge is -2.06. The van der Waals surface area contributed by atoms with Crippen LogP contribution in [0.5, 0.6) is 5.75 Å². The first kappa shape index (κ1) is 15.8. The van der Waals surface area contributed by atoms with Crippen LogP contribution in [0.4, 0.5) is 0 Å². The van der Waals surface area contributed by atoms with Crippen molar-refractivity contribution >= 4 is 17.1 Å². The molecule has 0 unspecified atom stereocenters. The molecule has 0 bridgehead atoms. The lowest BCUT2D eigenvalue weighted by atomic mass is 10.3. The fraction of sp³-hybridized carbons (Fsp3) is 0.118. The second-order valence-electron chi connectivity index (χ2n) is 5.46. The van der Waals surface area contributed by atoms with Gasteiger partial charge in [-0.25, -0.2) is 9.48 Å². The van der Waals surface area contributed by atoms with Crippen molar-refractivity contribution in [1.29, 1.82) is 0 Å². The minimum Gasteiger partial charge on any atom is -0.426 e. The van der Waals surface area contributed by atoms with E-state index in [9.17, 15) is 9.59 Å². The Kier molecular flexibility index (Phi) is 4.02. The molecule has 0 aliphatic carbocycles. The van der Waals surface area contributed by atoms with Crippen molar-refractivity contribution in [3.63, 3.8) is 0 Å². The maximum Gasteiger partial charge on any atom is 0.419 e. The summed E-state index contributed by atoms with van der Waals surface area (Å²) in [6.07, 6.45) is 1.51. The van der Waals surface area contributed by atoms with Crippen LogP contribution in [0.15, 0.2) is 64.1 Å². The Bertz CT molecular complexity index is 1100. The highest BCUT2D eigenvalue weighted by molar-refractivity contribution is 5.74. The topological polar surface area (TPSA) is 105 Å². The van der Waals surface area contributed by atoms with E-state index in [1.165, 1.54) is 15.6 Å². The third-order valence-electron chi connectivity index (χ3n) is 3.80. The summed E-state index contributed by atoms with van der Waals surface area (Å²) in [6, 6.07) is 13.8. The van der Waals surface area contributed by atoms with Crippen LogP contribution in [0, 0.1) is 0 Å². The van der Waals surface area contributed by atoms with E-state index in [-0.39, 0.29) is 13.0 Å². The molecule has 9 heteroatoms. The first-order valence-electron chi connectivity index (χ1n) is 7.83. The van der Waals surface area contributed by atoms with E-state index >= 15 is 0 Å². The van der Waals surface area contributed by atoms with E-state index < -0.39 is 11.7 Å². The van der Waals surface area contributed by atoms with Gasteiger partial charge < -0.3 is 9.15 Å². The van der Waals surface area contributed by atoms with Crippen LogP contribution in [0.3, 0.4) is 0 Å². The van der Waals surface area contributed by atoms with Crippen molar-refractivity contribution in [3.05, 3.63) is 65.4 Å². The molecule has 4 aromatic rings. The van der Waals surface area contributed by atoms with Gasteiger partial charge in [-0.3, -0.25) is 9.36 Å². The number of fused-ring (bicyclic) bond motifs is 1. The van der Waals surface area contributed by atoms with Crippen molar-refractivity contribution in [2.75, 3.05) is 0 Å². The summed E-state index contributed by atoms with van der Waals surface area (Å²) in [5.41, 5.74) is 1.88. The Labute approximate surface area is 146 Å². The second-order valence-corrected chi connectivity index (χ2v) is 5.46. The highest BCUT2D eigenvalue weighted by Gasteiger charge is 2.11. The number of nitrogens with zero attached hydrogens (tertiary/aromatic N) is 5. The van der Waals surface area contributed by atoms with Crippen LogP contribution in [-0.2, 0) is 11.3 Å². The maximum absolute atomic E-state index is 12.1. The van der Waals surface area contributed by atoms with Gasteiger partial charge in [-0.2, -0.15) is 0 Å². The standard InChI is InChI=1S/C17H13N5O4/c23-16(9-10-21-14-3-1-2-4-15(14)26-17(21)24)25-13-7-5-12(6-8-13)22-11-18-19-20-22/h1-8,11H,9-10H2. The van der Waals surface area contributed by atoms with Crippen molar-refractivity contribution in [2.45, 2.75) is 13.0 Å². The molecule has 0 aliphatic rings. The number of hydrogen-bond acceptors (Lipinski definition) is 7. The van der Waals surface area contributed by atoms with Crippen LogP contribution < -0.4 is 10.5 Å². The first-order valence-corrected chi connectivity index (χ1v) is 7.83. The number of rotatable bonds is 5. The Hall–Kier alpha value is -3.75. The Balaban J connectivity index is 1.41. The second kappa shape index (κ2) is 6.63. The highest BCUT2D eigenvalue weighted by Crippen LogP contribution is 2.16. The van der Waals surface area contributed by atoms with Crippen molar-refractivity contribution in [3.8, 4) is 11.4 Å². The summed E-state index contributed by atoms with van der Waals surface area (Å²) in [5, 5.41) is 10.9. The van der Waals surface area contributed by atoms with Crippen LogP contribution in [0.1, 0.15) is 6.42 Å². The van der Waals surface area contributed by atoms with Crippen LogP contribution in [0.25, 0.3) is 16.8 Å². The third-order valence-corrected chi connectivity index (χ3v) is 3.80. The largest absolute Gasteiger partial charge is 0.426 e. The summed E-state index contributed by atoms with van der Waals surface area (Å²) in [5.74, 6) is -0.543. The van der Waals surface area contributed by atoms with Crippen LogP contribution in [-0.4, -0.2) is 30.7 Å². The molecule has 4 rings (SSSR count). The van der Waals surface area contributed by atoms with Gasteiger partial charge in [0, 0.05) is 6.54 Å². The molecule has 0 fully saturated rings. The van der Waals surface area contributed by atoms with Crippen molar-refractivity contribution in [1.82, 2.24) is 24.8 Å². The molecule has 9 nitrogen and oxygen atoms in total. The number of hydrogen-bond donors (Lipinski definition) is 0. The number of aryl methyl sites for hydroxylation is 1. The van der Waals surface area contributed by atoms with Crippen molar-refractivity contribution in [2.24, 2.45) is 0 Å². The molecular weight excluding hydrogens is 338 g/mol. The minimum absolute atomic E-state index is 0.0399. The van der Waals surface area contributed by atoms with Gasteiger partial charge in [0.2, 0.25) is 0 Å². The Morgan fingerprint density at radius 1 is 1.12 bits per heavy atom. The third kappa shape index (κ3) is 3.09. The van der Waals surface area contributed by atoms with E-state index in [4.69, 9.17) is 9.15 Å². The molecule has 0 saturated heterocycles. The summed E-state index contributed by atoms with van der Waals surface area (Å²) < 4.78 is 13.3. The quantitative estimate of drug-likeness (QED) is 0.397. The zero-order valence-electron chi connectivity index (χ0n) is 13.5. The zero-order valence-corrected chi connectivity index (χ0v) is 13.5. The van der Waals surface area contributed by atoms with Gasteiger partial charge in [0.15, 0.2) is 5.58 Å². The number of tetrazole rings is 1. The first-order chi connectivity index (χ1) is 12.7. The van der Waals surface area contributed by atoms with Crippen LogP contribution >= 0.6 is 0 Å². The molecule has 0 amide bonds. The number of carbonyl (C=O) groups excluding carboxylic acids is 1. The van der Waals surface area contributed by atoms with Gasteiger partial charge >= 0.3 is 11.7 Å². The lowest BCUT2D eigenvalue weighted by molar-refractivity contribution is -0.134. The highest BCUT2D eigenvalue weighted by atomic mass is 16.5. The van der Waals surface area contributed by atoms with Gasteiger partial charge in [-0.05, 0) is 46.8 Å². The molecule has 2 aromatic heterocycles. The number of carbonyl (C=O) groups is 1. The Morgan fingerprint density at radius 2 is 1.92 bits per heavy atom. The van der Waals surface area contributed by atoms with E-state index in [1.54, 1.807) is 48.5 Å². The number of para-hydroxylation sites is 2. The average Bonchev–Trinajstić information content (AvgIpc) is 3.28. The smallest absolute Gasteiger partial charge is 0.419 e. The van der Waals surface area contributed by atoms with Crippen LogP contribution in [0.2, 0.25) is 0 Å². The summed E-state index contributed by atoms with van der Waals surface area (Å²) in [6.45, 7) is 0.178. The van der Waals surface area contributed by atoms with E-state index in [2.05, 4.69) is 15.5 Å². The molecule has 2 heterocycles. The number of esters is 1. The zero-order chi connectivity index (χ0) is 17.9. The monoisotopic (exact) mass is 351 g/mol. The van der Waals surface area contributed by atoms with Gasteiger partial charge in [0.1, 0.15) is 12.1 Å². The fourth-order valence-electron chi connectivity index (χ4n) is 2.56. The number of oxazole rings is 1. The average molecular weight is 351 g/mol. The molecule has 2 aromatic carbocycles. The predicted molar refractivity (Wildman–Crippen MR) is 89.9 cm³/mol. The molecule has 0 spiro atoms. The van der Waals surface area contributed by atoms with E-state index in [0.717, 1.165) is 5.69 Å². The number of aromatic nitrogens is 5. The number of ether oxygens (including phenoxy) is 1. The van der Waals surface area contributed by atoms with E-state index in [0.29, 0.717) is 16.8 Å². The summed E-state index contributed by atoms with van der Waals surface area (Å²) in [4.78, 5) is 23.9. The van der Waals surface area contributed by atoms with Crippen molar-refractivity contribution < 1.29 is 13.9 Å². The predicted octanol–water partition coefficient (Wildman–Crippen LogP) is 1.57. The van der Waals surface area contributed by atoms with Gasteiger partial charge in [-0.15, -0.1) is 5.10 Å². The molecule has 26 heavy (non-hydrogen) atoms. The fourth-order valence-corrected chi connectivity index (χ4v) is 2.56. The number of benzene rings is 2. The summed E-state index contributed by atoms with van der Waals surface area (Å²) in [7, 11) is 0. The Morgan fingerprint density at radius 3 is 2.69 bits per heavy atom. The van der Waals surface area contributed by atoms with Gasteiger partial charge in [0.25, 0.3) is 0 Å². The molecule has 0 radical (unpaired) electrons. The minimum atomic E-state index is -0.496. The van der Waals surface area contributed by atoms with E-state index in [1.807, 2.05) is 0 Å². The molecule has 130 valence electrons. The SMILES string of the molecule is O=C(CCn1c(=O)oc2ccccc21)Oc1ccc(-n2cnnn2)cc1. The molecule has 0 saturated carbocycles. The molecule has 0 aliphatic heterocycles. The summed E-state index contributed by atoms with van der Waals surface area (Å²) >= 11 is 0. The molecule has 0 N–H and O–H groups in total. The molecule has 0 atom stereocenters. The normalized spacial score (nSPS) is 10.9. The van der Waals surface area contributed by atoms with Gasteiger partial charge in [-0.1, -0.05) is 12.1 Å². The molecular formula is C17H13N5O4. The van der Waals surface area contributed by atoms with Gasteiger partial charge in [0.05, 0.1) is 17.6 Å².